The van der Waals surface area contributed by atoms with Crippen LogP contribution < -0.4 is 0 Å². The van der Waals surface area contributed by atoms with Crippen LogP contribution in [-0.2, 0) is 79.2 Å². The molecule has 0 nitrogen and oxygen atoms in total. The van der Waals surface area contributed by atoms with Crippen molar-refractivity contribution in [3.63, 3.8) is 0 Å². The van der Waals surface area contributed by atoms with Crippen molar-refractivity contribution < 1.29 is 79.2 Å². The Morgan fingerprint density at radius 2 is 0.750 bits per heavy atom. The molecular formula is Au2CrCu. The summed E-state index contributed by atoms with van der Waals surface area (Å²) in [5.41, 5.74) is 0. The molecular weight excluding hydrogens is 509 g/mol. The van der Waals surface area contributed by atoms with Crippen molar-refractivity contribution in [2.75, 3.05) is 0 Å². The van der Waals surface area contributed by atoms with E-state index in [1.165, 1.54) is 0 Å². The van der Waals surface area contributed by atoms with Gasteiger partial charge in [-0.1, -0.05) is 0 Å². The van der Waals surface area contributed by atoms with E-state index < -0.39 is 0 Å². The molecule has 0 saturated carbocycles. The Morgan fingerprint density at radius 3 is 0.750 bits per heavy atom. The van der Waals surface area contributed by atoms with Gasteiger partial charge in [0.2, 0.25) is 0 Å². The molecule has 0 aromatic heterocycles. The van der Waals surface area contributed by atoms with Gasteiger partial charge >= 0.3 is 0 Å². The Hall–Kier alpha value is 2.53. The van der Waals surface area contributed by atoms with Crippen molar-refractivity contribution in [3.8, 4) is 0 Å². The normalized spacial score (nSPS) is 0. The Balaban J connectivity index is 0. The average molecular weight is 509 g/mol. The predicted molar refractivity (Wildman–Crippen MR) is 0 cm³/mol. The molecule has 0 aromatic rings. The van der Waals surface area contributed by atoms with Gasteiger partial charge in [-0.3, -0.25) is 0 Å². The molecule has 39 valence electrons. The Morgan fingerprint density at radius 1 is 0.750 bits per heavy atom. The van der Waals surface area contributed by atoms with Crippen LogP contribution in [0, 0.1) is 0 Å². The first-order valence-corrected chi connectivity index (χ1v) is 0. The third-order valence-corrected chi connectivity index (χ3v) is 0. The molecule has 0 unspecified atom stereocenters. The van der Waals surface area contributed by atoms with Crippen molar-refractivity contribution in [1.82, 2.24) is 0 Å². The van der Waals surface area contributed by atoms with Gasteiger partial charge in [-0.2, -0.15) is 0 Å². The summed E-state index contributed by atoms with van der Waals surface area (Å²) < 4.78 is 0. The third-order valence-electron chi connectivity index (χ3n) is 0. The molecule has 4 heavy (non-hydrogen) atoms. The standard InChI is InChI=1S/2Au.Cr.Cu. The van der Waals surface area contributed by atoms with Crippen molar-refractivity contribution >= 4 is 0 Å². The van der Waals surface area contributed by atoms with Gasteiger partial charge in [0.1, 0.15) is 0 Å². The summed E-state index contributed by atoms with van der Waals surface area (Å²) in [6.45, 7) is 0. The molecule has 0 bridgehead atoms. The quantitative estimate of drug-likeness (QED) is 0.404. The molecule has 0 N–H and O–H groups in total. The molecule has 0 spiro atoms. The van der Waals surface area contributed by atoms with Crippen molar-refractivity contribution in [2.24, 2.45) is 0 Å². The molecule has 0 aliphatic carbocycles. The van der Waals surface area contributed by atoms with Gasteiger partial charge in [-0.25, -0.2) is 0 Å². The van der Waals surface area contributed by atoms with Crippen LogP contribution in [0.1, 0.15) is 0 Å². The molecule has 0 amide bonds. The second-order valence-corrected chi connectivity index (χ2v) is 0. The summed E-state index contributed by atoms with van der Waals surface area (Å²) in [6.07, 6.45) is 0. The second-order valence-electron chi connectivity index (χ2n) is 0. The number of rotatable bonds is 0. The molecule has 4 heteroatoms. The first-order chi connectivity index (χ1) is 0. The van der Waals surface area contributed by atoms with Gasteiger partial charge in [0.05, 0.1) is 0 Å². The molecule has 0 heterocycles. The van der Waals surface area contributed by atoms with Crippen LogP contribution in [0.15, 0.2) is 0 Å². The zero-order valence-electron chi connectivity index (χ0n) is 1.31. The third kappa shape index (κ3) is 8.82. The first kappa shape index (κ1) is 31.2. The summed E-state index contributed by atoms with van der Waals surface area (Å²) in [6, 6.07) is 0. The minimum atomic E-state index is 0. The van der Waals surface area contributed by atoms with E-state index in [9.17, 15) is 0 Å². The summed E-state index contributed by atoms with van der Waals surface area (Å²) in [5, 5.41) is 0. The fourth-order valence-electron chi connectivity index (χ4n) is 0. The Labute approximate surface area is 78.1 Å². The minimum absolute atomic E-state index is 0. The number of hydrogen-bond acceptors (Lipinski definition) is 0. The first-order valence-electron chi connectivity index (χ1n) is 0. The summed E-state index contributed by atoms with van der Waals surface area (Å²) >= 11 is 0. The zero-order chi connectivity index (χ0) is 0. The summed E-state index contributed by atoms with van der Waals surface area (Å²) in [7, 11) is 0. The van der Waals surface area contributed by atoms with Crippen LogP contribution in [0.25, 0.3) is 0 Å². The maximum atomic E-state index is 0. The van der Waals surface area contributed by atoms with E-state index in [1.807, 2.05) is 0 Å². The molecule has 0 rings (SSSR count). The number of hydrogen-bond donors (Lipinski definition) is 0. The largest absolute Gasteiger partial charge is 0 e. The van der Waals surface area contributed by atoms with Gasteiger partial charge < -0.3 is 0 Å². The molecule has 0 aliphatic rings. The van der Waals surface area contributed by atoms with Crippen molar-refractivity contribution in [3.05, 3.63) is 0 Å². The smallest absolute Gasteiger partial charge is 0 e. The molecule has 0 saturated heterocycles. The van der Waals surface area contributed by atoms with Crippen LogP contribution in [-0.4, -0.2) is 0 Å². The van der Waals surface area contributed by atoms with E-state index in [0.29, 0.717) is 0 Å². The maximum Gasteiger partial charge on any atom is 0 e. The van der Waals surface area contributed by atoms with Gasteiger partial charge in [-0.15, -0.1) is 0 Å². The van der Waals surface area contributed by atoms with E-state index >= 15 is 0 Å². The van der Waals surface area contributed by atoms with Crippen LogP contribution in [0.4, 0.5) is 0 Å². The second kappa shape index (κ2) is 17.7. The van der Waals surface area contributed by atoms with Crippen LogP contribution >= 0.6 is 0 Å². The van der Waals surface area contributed by atoms with E-state index in [4.69, 9.17) is 0 Å². The summed E-state index contributed by atoms with van der Waals surface area (Å²) in [5.74, 6) is 0. The summed E-state index contributed by atoms with van der Waals surface area (Å²) in [4.78, 5) is 0. The van der Waals surface area contributed by atoms with Crippen LogP contribution in [0.5, 0.6) is 0 Å². The predicted octanol–water partition coefficient (Wildman–Crippen LogP) is -0.0100. The topological polar surface area (TPSA) is 0 Å². The van der Waals surface area contributed by atoms with Gasteiger partial charge in [0.15, 0.2) is 0 Å². The van der Waals surface area contributed by atoms with E-state index in [2.05, 4.69) is 0 Å². The van der Waals surface area contributed by atoms with E-state index in [1.54, 1.807) is 0 Å². The van der Waals surface area contributed by atoms with Crippen LogP contribution in [0.2, 0.25) is 0 Å². The van der Waals surface area contributed by atoms with Crippen LogP contribution in [0.3, 0.4) is 0 Å². The van der Waals surface area contributed by atoms with E-state index in [0.717, 1.165) is 0 Å². The SMILES string of the molecule is [Au].[Au].[Cr].[Cu]. The fourth-order valence-corrected chi connectivity index (χ4v) is 0. The van der Waals surface area contributed by atoms with E-state index in [-0.39, 0.29) is 79.2 Å². The van der Waals surface area contributed by atoms with Gasteiger partial charge in [0.25, 0.3) is 0 Å². The minimum Gasteiger partial charge on any atom is 0 e. The molecule has 0 fully saturated rings. The van der Waals surface area contributed by atoms with Gasteiger partial charge in [0, 0.05) is 79.2 Å². The van der Waals surface area contributed by atoms with Crippen molar-refractivity contribution in [1.29, 1.82) is 0 Å². The Bertz CT molecular complexity index is 6.00. The molecule has 0 atom stereocenters. The molecule has 3 radical (unpaired) electrons. The fraction of sp³-hybridized carbons (Fsp3) is 0. The zero-order valence-corrected chi connectivity index (χ0v) is 7.86. The maximum absolute atomic E-state index is 0. The molecule has 0 aromatic carbocycles. The average Bonchev–Trinajstić information content (AvgIpc) is 0. The monoisotopic (exact) mass is 509 g/mol. The Kier molecular flexibility index (Phi) is 138. The van der Waals surface area contributed by atoms with Crippen molar-refractivity contribution in [2.45, 2.75) is 0 Å². The van der Waals surface area contributed by atoms with Gasteiger partial charge in [-0.05, 0) is 0 Å². The molecule has 0 aliphatic heterocycles.